The normalized spacial score (nSPS) is 8.67. The molecule has 9 heavy (non-hydrogen) atoms. The number of rotatable bonds is 0. The number of aromatic nitrogens is 2. The lowest BCUT2D eigenvalue weighted by Gasteiger charge is -1.83. The molecule has 0 amide bonds. The van der Waals surface area contributed by atoms with E-state index in [9.17, 15) is 4.79 Å². The Kier molecular flexibility index (Phi) is 2.52. The molecule has 1 heterocycles. The molecule has 0 aliphatic rings. The third-order valence-electron chi connectivity index (χ3n) is 1.01. The molecule has 1 aromatic rings. The summed E-state index contributed by atoms with van der Waals surface area (Å²) in [5.74, 6) is 0. The van der Waals surface area contributed by atoms with Crippen molar-refractivity contribution in [2.45, 2.75) is 6.92 Å². The molecule has 0 atom stereocenters. The van der Waals surface area contributed by atoms with Crippen LogP contribution < -0.4 is 5.56 Å². The average Bonchev–Trinajstić information content (AvgIpc) is 1.85. The smallest absolute Gasteiger partial charge is 0.266 e. The highest BCUT2D eigenvalue weighted by Gasteiger charge is 1.89. The summed E-state index contributed by atoms with van der Waals surface area (Å²) in [4.78, 5) is 10.6. The fourth-order valence-corrected chi connectivity index (χ4v) is 0.634. The molecule has 4 heteroatoms. The quantitative estimate of drug-likeness (QED) is 0.570. The minimum Gasteiger partial charge on any atom is -0.300 e. The van der Waals surface area contributed by atoms with Gasteiger partial charge in [0.2, 0.25) is 0 Å². The van der Waals surface area contributed by atoms with Gasteiger partial charge in [-0.1, -0.05) is 0 Å². The monoisotopic (exact) mass is 148 g/mol. The lowest BCUT2D eigenvalue weighted by atomic mass is 10.5. The van der Waals surface area contributed by atoms with Crippen LogP contribution in [0.2, 0.25) is 0 Å². The number of nitrogens with zero attached hydrogens (tertiary/aromatic N) is 1. The molecule has 0 aliphatic carbocycles. The molecule has 0 unspecified atom stereocenters. The Labute approximate surface area is 59.1 Å². The molecule has 0 fully saturated rings. The van der Waals surface area contributed by atoms with Crippen molar-refractivity contribution in [3.63, 3.8) is 0 Å². The molecule has 0 radical (unpaired) electrons. The number of hydrogen-bond acceptors (Lipinski definition) is 1. The highest BCUT2D eigenvalue weighted by Crippen LogP contribution is 1.80. The number of halogens is 1. The van der Waals surface area contributed by atoms with Gasteiger partial charge >= 0.3 is 0 Å². The van der Waals surface area contributed by atoms with Gasteiger partial charge in [-0.2, -0.15) is 0 Å². The standard InChI is InChI=1S/C5H8N2O.ClH/c1-4-3-5(8)7(2)6-4;/h3,6H,1-2H3;1H. The van der Waals surface area contributed by atoms with Crippen molar-refractivity contribution in [1.82, 2.24) is 9.78 Å². The Morgan fingerprint density at radius 2 is 2.22 bits per heavy atom. The molecule has 0 bridgehead atoms. The van der Waals surface area contributed by atoms with Crippen LogP contribution in [0.4, 0.5) is 0 Å². The van der Waals surface area contributed by atoms with E-state index in [0.717, 1.165) is 5.69 Å². The second-order valence-corrected chi connectivity index (χ2v) is 1.84. The third kappa shape index (κ3) is 1.61. The van der Waals surface area contributed by atoms with E-state index < -0.39 is 0 Å². The third-order valence-corrected chi connectivity index (χ3v) is 1.01. The zero-order chi connectivity index (χ0) is 6.15. The Balaban J connectivity index is 0.000000640. The Morgan fingerprint density at radius 1 is 1.67 bits per heavy atom. The van der Waals surface area contributed by atoms with Crippen LogP contribution in [0.1, 0.15) is 5.69 Å². The molecule has 0 aliphatic heterocycles. The first-order chi connectivity index (χ1) is 3.70. The number of aryl methyl sites for hydroxylation is 2. The van der Waals surface area contributed by atoms with Gasteiger partial charge < -0.3 is 5.10 Å². The summed E-state index contributed by atoms with van der Waals surface area (Å²) < 4.78 is 1.44. The summed E-state index contributed by atoms with van der Waals surface area (Å²) in [7, 11) is 1.69. The Hall–Kier alpha value is -0.700. The summed E-state index contributed by atoms with van der Waals surface area (Å²) >= 11 is 0. The second kappa shape index (κ2) is 2.73. The van der Waals surface area contributed by atoms with E-state index in [0.29, 0.717) is 0 Å². The molecule has 1 aromatic heterocycles. The zero-order valence-electron chi connectivity index (χ0n) is 5.34. The van der Waals surface area contributed by atoms with Crippen LogP contribution in [0.5, 0.6) is 0 Å². The molecule has 0 aromatic carbocycles. The van der Waals surface area contributed by atoms with Crippen LogP contribution in [0.3, 0.4) is 0 Å². The second-order valence-electron chi connectivity index (χ2n) is 1.84. The summed E-state index contributed by atoms with van der Waals surface area (Å²) in [6.45, 7) is 1.85. The molecule has 0 spiro atoms. The molecule has 3 nitrogen and oxygen atoms in total. The van der Waals surface area contributed by atoms with Gasteiger partial charge in [0.1, 0.15) is 0 Å². The van der Waals surface area contributed by atoms with Crippen LogP contribution in [0.25, 0.3) is 0 Å². The van der Waals surface area contributed by atoms with Crippen LogP contribution in [-0.4, -0.2) is 9.78 Å². The van der Waals surface area contributed by atoms with Crippen molar-refractivity contribution in [1.29, 1.82) is 0 Å². The molecule has 1 N–H and O–H groups in total. The van der Waals surface area contributed by atoms with Crippen LogP contribution in [0.15, 0.2) is 10.9 Å². The van der Waals surface area contributed by atoms with E-state index in [1.54, 1.807) is 13.1 Å². The minimum atomic E-state index is 0. The van der Waals surface area contributed by atoms with Crippen LogP contribution >= 0.6 is 12.4 Å². The first kappa shape index (κ1) is 8.30. The minimum absolute atomic E-state index is 0. The van der Waals surface area contributed by atoms with Crippen molar-refractivity contribution in [3.05, 3.63) is 22.1 Å². The zero-order valence-corrected chi connectivity index (χ0v) is 6.16. The van der Waals surface area contributed by atoms with Gasteiger partial charge in [-0.05, 0) is 6.92 Å². The number of H-pyrrole nitrogens is 1. The van der Waals surface area contributed by atoms with Crippen molar-refractivity contribution in [2.75, 3.05) is 0 Å². The highest BCUT2D eigenvalue weighted by molar-refractivity contribution is 5.85. The van der Waals surface area contributed by atoms with Gasteiger partial charge in [0, 0.05) is 18.8 Å². The fourth-order valence-electron chi connectivity index (χ4n) is 0.634. The highest BCUT2D eigenvalue weighted by atomic mass is 35.5. The van der Waals surface area contributed by atoms with E-state index in [-0.39, 0.29) is 18.0 Å². The van der Waals surface area contributed by atoms with E-state index in [4.69, 9.17) is 0 Å². The van der Waals surface area contributed by atoms with Gasteiger partial charge in [0.25, 0.3) is 5.56 Å². The van der Waals surface area contributed by atoms with Crippen molar-refractivity contribution >= 4 is 12.4 Å². The van der Waals surface area contributed by atoms with Crippen LogP contribution in [-0.2, 0) is 7.05 Å². The van der Waals surface area contributed by atoms with Gasteiger partial charge in [-0.3, -0.25) is 9.48 Å². The molecular formula is C5H9ClN2O. The Morgan fingerprint density at radius 3 is 2.33 bits per heavy atom. The average molecular weight is 149 g/mol. The van der Waals surface area contributed by atoms with E-state index in [1.807, 2.05) is 6.92 Å². The van der Waals surface area contributed by atoms with E-state index in [1.165, 1.54) is 4.68 Å². The van der Waals surface area contributed by atoms with Crippen LogP contribution in [0, 0.1) is 6.92 Å². The fraction of sp³-hybridized carbons (Fsp3) is 0.400. The summed E-state index contributed by atoms with van der Waals surface area (Å²) in [6.07, 6.45) is 0. The summed E-state index contributed by atoms with van der Waals surface area (Å²) in [5, 5.41) is 2.81. The van der Waals surface area contributed by atoms with Gasteiger partial charge in [-0.15, -0.1) is 12.4 Å². The first-order valence-electron chi connectivity index (χ1n) is 2.43. The maximum absolute atomic E-state index is 10.6. The SMILES string of the molecule is Cc1cc(=O)n(C)[nH]1.Cl. The summed E-state index contributed by atoms with van der Waals surface area (Å²) in [5.41, 5.74) is 0.917. The van der Waals surface area contributed by atoms with Crippen molar-refractivity contribution in [2.24, 2.45) is 7.05 Å². The lowest BCUT2D eigenvalue weighted by molar-refractivity contribution is 0.731. The van der Waals surface area contributed by atoms with Gasteiger partial charge in [0.05, 0.1) is 0 Å². The van der Waals surface area contributed by atoms with Gasteiger partial charge in [-0.25, -0.2) is 0 Å². The number of nitrogens with one attached hydrogen (secondary N) is 1. The lowest BCUT2D eigenvalue weighted by Crippen LogP contribution is -2.09. The van der Waals surface area contributed by atoms with E-state index in [2.05, 4.69) is 5.10 Å². The molecule has 52 valence electrons. The molecular weight excluding hydrogens is 140 g/mol. The maximum atomic E-state index is 10.6. The molecule has 0 saturated heterocycles. The Bertz CT molecular complexity index is 237. The van der Waals surface area contributed by atoms with E-state index >= 15 is 0 Å². The number of aromatic amines is 1. The number of hydrogen-bond donors (Lipinski definition) is 1. The molecule has 1 rings (SSSR count). The topological polar surface area (TPSA) is 37.8 Å². The molecule has 0 saturated carbocycles. The van der Waals surface area contributed by atoms with Gasteiger partial charge in [0.15, 0.2) is 0 Å². The maximum Gasteiger partial charge on any atom is 0.266 e. The first-order valence-corrected chi connectivity index (χ1v) is 2.43. The van der Waals surface area contributed by atoms with Crippen molar-refractivity contribution < 1.29 is 0 Å². The predicted octanol–water partition coefficient (Wildman–Crippen LogP) is 0.444. The largest absolute Gasteiger partial charge is 0.300 e. The predicted molar refractivity (Wildman–Crippen MR) is 38.0 cm³/mol. The summed E-state index contributed by atoms with van der Waals surface area (Å²) in [6, 6.07) is 1.56. The van der Waals surface area contributed by atoms with Crippen molar-refractivity contribution in [3.8, 4) is 0 Å².